The first-order chi connectivity index (χ1) is 8.29. The number of aliphatic hydroxyl groups is 1. The predicted molar refractivity (Wildman–Crippen MR) is 70.0 cm³/mol. The molecule has 1 atom stereocenters. The largest absolute Gasteiger partial charge is 0.387 e. The first kappa shape index (κ1) is 12.6. The summed E-state index contributed by atoms with van der Waals surface area (Å²) < 4.78 is 0. The van der Waals surface area contributed by atoms with E-state index >= 15 is 0 Å². The maximum atomic E-state index is 10.1. The average Bonchev–Trinajstić information content (AvgIpc) is 2.40. The van der Waals surface area contributed by atoms with Crippen molar-refractivity contribution in [1.82, 2.24) is 9.80 Å². The monoisotopic (exact) mass is 234 g/mol. The van der Waals surface area contributed by atoms with Crippen LogP contribution >= 0.6 is 0 Å². The third kappa shape index (κ3) is 3.53. The van der Waals surface area contributed by atoms with Crippen molar-refractivity contribution in [3.63, 3.8) is 0 Å². The number of likely N-dealkylation sites (N-methyl/N-ethyl adjacent to an activating group) is 1. The molecule has 1 aliphatic heterocycles. The second kappa shape index (κ2) is 6.15. The normalized spacial score (nSPS) is 20.4. The van der Waals surface area contributed by atoms with Crippen molar-refractivity contribution in [2.24, 2.45) is 0 Å². The Morgan fingerprint density at radius 1 is 1.06 bits per heavy atom. The standard InChI is InChI=1S/C14H22N2O/c1-2-15-8-10-16(11-9-15)12-14(17)13-6-4-3-5-7-13/h3-7,14,17H,2,8-12H2,1H3/t14-/m1/s1. The Morgan fingerprint density at radius 3 is 2.24 bits per heavy atom. The summed E-state index contributed by atoms with van der Waals surface area (Å²) in [6, 6.07) is 9.93. The molecule has 0 aliphatic carbocycles. The Kier molecular flexibility index (Phi) is 4.54. The highest BCUT2D eigenvalue weighted by atomic mass is 16.3. The zero-order valence-electron chi connectivity index (χ0n) is 10.5. The van der Waals surface area contributed by atoms with Gasteiger partial charge in [0.15, 0.2) is 0 Å². The molecule has 3 heteroatoms. The van der Waals surface area contributed by atoms with Gasteiger partial charge in [0.05, 0.1) is 6.10 Å². The molecule has 0 saturated carbocycles. The maximum Gasteiger partial charge on any atom is 0.0916 e. The fourth-order valence-electron chi connectivity index (χ4n) is 2.31. The van der Waals surface area contributed by atoms with Crippen LogP contribution in [-0.4, -0.2) is 54.2 Å². The van der Waals surface area contributed by atoms with Crippen molar-refractivity contribution in [2.75, 3.05) is 39.3 Å². The molecule has 1 aliphatic rings. The number of rotatable bonds is 4. The number of benzene rings is 1. The zero-order valence-corrected chi connectivity index (χ0v) is 10.5. The Balaban J connectivity index is 1.82. The van der Waals surface area contributed by atoms with Gasteiger partial charge in [0.2, 0.25) is 0 Å². The minimum atomic E-state index is -0.357. The molecule has 0 bridgehead atoms. The van der Waals surface area contributed by atoms with Crippen molar-refractivity contribution in [3.8, 4) is 0 Å². The van der Waals surface area contributed by atoms with E-state index in [1.165, 1.54) is 0 Å². The van der Waals surface area contributed by atoms with Gasteiger partial charge in [0.1, 0.15) is 0 Å². The van der Waals surface area contributed by atoms with Crippen LogP contribution in [0.25, 0.3) is 0 Å². The van der Waals surface area contributed by atoms with Gasteiger partial charge in [-0.05, 0) is 12.1 Å². The van der Waals surface area contributed by atoms with Crippen LogP contribution < -0.4 is 0 Å². The van der Waals surface area contributed by atoms with E-state index in [4.69, 9.17) is 0 Å². The molecule has 1 N–H and O–H groups in total. The van der Waals surface area contributed by atoms with E-state index in [1.807, 2.05) is 30.3 Å². The molecule has 0 amide bonds. The van der Waals surface area contributed by atoms with Crippen molar-refractivity contribution >= 4 is 0 Å². The van der Waals surface area contributed by atoms with Crippen molar-refractivity contribution in [1.29, 1.82) is 0 Å². The summed E-state index contributed by atoms with van der Waals surface area (Å²) in [6.45, 7) is 8.47. The van der Waals surface area contributed by atoms with Gasteiger partial charge >= 0.3 is 0 Å². The van der Waals surface area contributed by atoms with Crippen molar-refractivity contribution in [3.05, 3.63) is 35.9 Å². The van der Waals surface area contributed by atoms with Crippen LogP contribution in [0.2, 0.25) is 0 Å². The summed E-state index contributed by atoms with van der Waals surface area (Å²) in [5.41, 5.74) is 1.02. The smallest absolute Gasteiger partial charge is 0.0916 e. The molecular formula is C14H22N2O. The van der Waals surface area contributed by atoms with Crippen molar-refractivity contribution < 1.29 is 5.11 Å². The molecule has 1 fully saturated rings. The Labute approximate surface area is 104 Å². The third-order valence-corrected chi connectivity index (χ3v) is 3.53. The molecule has 0 aromatic heterocycles. The summed E-state index contributed by atoms with van der Waals surface area (Å²) in [6.07, 6.45) is -0.357. The summed E-state index contributed by atoms with van der Waals surface area (Å²) in [4.78, 5) is 4.80. The maximum absolute atomic E-state index is 10.1. The Hall–Kier alpha value is -0.900. The van der Waals surface area contributed by atoms with E-state index < -0.39 is 0 Å². The quantitative estimate of drug-likeness (QED) is 0.852. The van der Waals surface area contributed by atoms with Gasteiger partial charge in [-0.1, -0.05) is 37.3 Å². The summed E-state index contributed by atoms with van der Waals surface area (Å²) in [5, 5.41) is 10.1. The van der Waals surface area contributed by atoms with Crippen LogP contribution in [0, 0.1) is 0 Å². The molecular weight excluding hydrogens is 212 g/mol. The van der Waals surface area contributed by atoms with Gasteiger partial charge in [-0.3, -0.25) is 4.90 Å². The van der Waals surface area contributed by atoms with Crippen LogP contribution in [0.3, 0.4) is 0 Å². The van der Waals surface area contributed by atoms with Crippen LogP contribution in [0.5, 0.6) is 0 Å². The fraction of sp³-hybridized carbons (Fsp3) is 0.571. The molecule has 3 nitrogen and oxygen atoms in total. The third-order valence-electron chi connectivity index (χ3n) is 3.53. The van der Waals surface area contributed by atoms with E-state index in [0.717, 1.165) is 44.8 Å². The van der Waals surface area contributed by atoms with E-state index in [1.54, 1.807) is 0 Å². The van der Waals surface area contributed by atoms with Gasteiger partial charge in [0.25, 0.3) is 0 Å². The van der Waals surface area contributed by atoms with Gasteiger partial charge in [-0.15, -0.1) is 0 Å². The molecule has 0 spiro atoms. The molecule has 0 unspecified atom stereocenters. The van der Waals surface area contributed by atoms with E-state index in [9.17, 15) is 5.11 Å². The SMILES string of the molecule is CCN1CCN(C[C@@H](O)c2ccccc2)CC1. The molecule has 1 heterocycles. The lowest BCUT2D eigenvalue weighted by atomic mass is 10.1. The van der Waals surface area contributed by atoms with Gasteiger partial charge in [-0.25, -0.2) is 0 Å². The number of aliphatic hydroxyl groups excluding tert-OH is 1. The summed E-state index contributed by atoms with van der Waals surface area (Å²) in [5.74, 6) is 0. The lowest BCUT2D eigenvalue weighted by molar-refractivity contribution is 0.0744. The fourth-order valence-corrected chi connectivity index (χ4v) is 2.31. The van der Waals surface area contributed by atoms with Crippen LogP contribution in [-0.2, 0) is 0 Å². The first-order valence-electron chi connectivity index (χ1n) is 6.47. The van der Waals surface area contributed by atoms with Crippen LogP contribution in [0.4, 0.5) is 0 Å². The molecule has 1 aromatic rings. The van der Waals surface area contributed by atoms with Crippen molar-refractivity contribution in [2.45, 2.75) is 13.0 Å². The van der Waals surface area contributed by atoms with Crippen LogP contribution in [0.1, 0.15) is 18.6 Å². The molecule has 0 radical (unpaired) electrons. The van der Waals surface area contributed by atoms with E-state index in [0.29, 0.717) is 0 Å². The summed E-state index contributed by atoms with van der Waals surface area (Å²) >= 11 is 0. The zero-order chi connectivity index (χ0) is 12.1. The van der Waals surface area contributed by atoms with Gasteiger partial charge in [-0.2, -0.15) is 0 Å². The molecule has 94 valence electrons. The number of nitrogens with zero attached hydrogens (tertiary/aromatic N) is 2. The highest BCUT2D eigenvalue weighted by molar-refractivity contribution is 5.17. The second-order valence-corrected chi connectivity index (χ2v) is 4.66. The molecule has 2 rings (SSSR count). The van der Waals surface area contributed by atoms with Gasteiger partial charge < -0.3 is 10.0 Å². The number of hydrogen-bond donors (Lipinski definition) is 1. The molecule has 17 heavy (non-hydrogen) atoms. The molecule has 1 saturated heterocycles. The number of piperazine rings is 1. The minimum absolute atomic E-state index is 0.357. The highest BCUT2D eigenvalue weighted by Crippen LogP contribution is 2.14. The number of hydrogen-bond acceptors (Lipinski definition) is 3. The summed E-state index contributed by atoms with van der Waals surface area (Å²) in [7, 11) is 0. The van der Waals surface area contributed by atoms with E-state index in [-0.39, 0.29) is 6.10 Å². The minimum Gasteiger partial charge on any atom is -0.387 e. The van der Waals surface area contributed by atoms with Gasteiger partial charge in [0, 0.05) is 32.7 Å². The Bertz CT molecular complexity index is 320. The second-order valence-electron chi connectivity index (χ2n) is 4.66. The lowest BCUT2D eigenvalue weighted by Gasteiger charge is -2.35. The average molecular weight is 234 g/mol. The Morgan fingerprint density at radius 2 is 1.65 bits per heavy atom. The highest BCUT2D eigenvalue weighted by Gasteiger charge is 2.18. The van der Waals surface area contributed by atoms with E-state index in [2.05, 4.69) is 16.7 Å². The molecule has 1 aromatic carbocycles. The first-order valence-corrected chi connectivity index (χ1v) is 6.47. The topological polar surface area (TPSA) is 26.7 Å². The predicted octanol–water partition coefficient (Wildman–Crippen LogP) is 1.36. The van der Waals surface area contributed by atoms with Crippen LogP contribution in [0.15, 0.2) is 30.3 Å². The number of β-amino-alcohol motifs (C(OH)–C–C–N with tert-alkyl or cyclic N) is 1. The lowest BCUT2D eigenvalue weighted by Crippen LogP contribution is -2.47.